The zero-order valence-electron chi connectivity index (χ0n) is 17.6. The monoisotopic (exact) mass is 475 g/mol. The predicted molar refractivity (Wildman–Crippen MR) is 120 cm³/mol. The topological polar surface area (TPSA) is 76.1 Å². The molecular formula is C24H20ClF2NO5. The highest BCUT2D eigenvalue weighted by atomic mass is 35.5. The number of nitrogens with zero attached hydrogens (tertiary/aromatic N) is 1. The minimum Gasteiger partial charge on any atom is -0.493 e. The number of benzene rings is 3. The number of amides is 1. The molecule has 3 aromatic rings. The number of rotatable bonds is 8. The molecule has 0 radical (unpaired) electrons. The molecule has 33 heavy (non-hydrogen) atoms. The van der Waals surface area contributed by atoms with Crippen LogP contribution in [0, 0.1) is 0 Å². The summed E-state index contributed by atoms with van der Waals surface area (Å²) in [7, 11) is 0. The first-order valence-electron chi connectivity index (χ1n) is 10.3. The molecule has 1 aliphatic heterocycles. The second kappa shape index (κ2) is 9.23. The van der Waals surface area contributed by atoms with Gasteiger partial charge in [-0.15, -0.1) is 0 Å². The summed E-state index contributed by atoms with van der Waals surface area (Å²) < 4.78 is 36.9. The van der Waals surface area contributed by atoms with Gasteiger partial charge in [0.15, 0.2) is 0 Å². The van der Waals surface area contributed by atoms with E-state index in [9.17, 15) is 18.4 Å². The number of ether oxygens (including phenoxy) is 2. The summed E-state index contributed by atoms with van der Waals surface area (Å²) in [6, 6.07) is 11.2. The van der Waals surface area contributed by atoms with E-state index in [1.165, 1.54) is 17.0 Å². The average molecular weight is 476 g/mol. The zero-order valence-corrected chi connectivity index (χ0v) is 18.4. The Morgan fingerprint density at radius 1 is 1.21 bits per heavy atom. The molecule has 1 heterocycles. The Kier molecular flexibility index (Phi) is 6.37. The molecule has 0 aliphatic carbocycles. The van der Waals surface area contributed by atoms with Crippen molar-refractivity contribution in [3.8, 4) is 11.5 Å². The molecule has 0 atom stereocenters. The molecule has 9 heteroatoms. The highest BCUT2D eigenvalue weighted by molar-refractivity contribution is 6.34. The van der Waals surface area contributed by atoms with Crippen molar-refractivity contribution in [2.24, 2.45) is 0 Å². The minimum absolute atomic E-state index is 0.0354. The first-order valence-corrected chi connectivity index (χ1v) is 10.7. The predicted octanol–water partition coefficient (Wildman–Crippen LogP) is 5.67. The Hall–Kier alpha value is -3.39. The Balaban J connectivity index is 1.85. The van der Waals surface area contributed by atoms with Crippen LogP contribution < -0.4 is 14.4 Å². The molecule has 0 spiro atoms. The van der Waals surface area contributed by atoms with Gasteiger partial charge >= 0.3 is 12.6 Å². The van der Waals surface area contributed by atoms with Gasteiger partial charge in [0, 0.05) is 10.9 Å². The third-order valence-corrected chi connectivity index (χ3v) is 5.61. The molecule has 0 unspecified atom stereocenters. The van der Waals surface area contributed by atoms with E-state index >= 15 is 0 Å². The third kappa shape index (κ3) is 4.43. The van der Waals surface area contributed by atoms with Gasteiger partial charge < -0.3 is 19.5 Å². The van der Waals surface area contributed by atoms with Crippen molar-refractivity contribution in [1.29, 1.82) is 0 Å². The summed E-state index contributed by atoms with van der Waals surface area (Å²) >= 11 is 6.38. The molecule has 1 aliphatic rings. The molecule has 172 valence electrons. The highest BCUT2D eigenvalue weighted by Gasteiger charge is 2.36. The van der Waals surface area contributed by atoms with Gasteiger partial charge in [-0.1, -0.05) is 36.7 Å². The molecule has 0 saturated carbocycles. The minimum atomic E-state index is -3.06. The van der Waals surface area contributed by atoms with E-state index < -0.39 is 18.5 Å². The summed E-state index contributed by atoms with van der Waals surface area (Å²) in [6.45, 7) is -0.717. The summed E-state index contributed by atoms with van der Waals surface area (Å²) in [6.07, 6.45) is 0.535. The first-order chi connectivity index (χ1) is 15.8. The fraction of sp³-hybridized carbons (Fsp3) is 0.250. The van der Waals surface area contributed by atoms with E-state index in [1.807, 2.05) is 6.92 Å². The maximum absolute atomic E-state index is 13.6. The number of aliphatic carboxylic acids is 1. The number of carbonyl (C=O) groups excluding carboxylic acids is 1. The standard InChI is InChI=1S/C24H20ClF2NO5/c1-2-8-32-18-5-3-4-14-11-19(33-24(26)27)15-12-28(23(31)22(15)21(14)18)17-7-6-13(9-16(17)25)10-20(29)30/h3-7,9,11,24H,2,8,10,12H2,1H3,(H,29,30). The number of hydrogen-bond acceptors (Lipinski definition) is 4. The van der Waals surface area contributed by atoms with Crippen LogP contribution in [0.5, 0.6) is 11.5 Å². The Morgan fingerprint density at radius 3 is 2.67 bits per heavy atom. The van der Waals surface area contributed by atoms with Crippen molar-refractivity contribution in [2.45, 2.75) is 32.9 Å². The lowest BCUT2D eigenvalue weighted by atomic mass is 9.98. The summed E-state index contributed by atoms with van der Waals surface area (Å²) in [5.74, 6) is -1.06. The molecule has 4 rings (SSSR count). The van der Waals surface area contributed by atoms with Crippen LogP contribution >= 0.6 is 11.6 Å². The van der Waals surface area contributed by atoms with E-state index in [0.717, 1.165) is 6.42 Å². The fourth-order valence-electron chi connectivity index (χ4n) is 3.98. The number of fused-ring (bicyclic) bond motifs is 3. The molecule has 6 nitrogen and oxygen atoms in total. The molecule has 3 aromatic carbocycles. The van der Waals surface area contributed by atoms with E-state index in [1.54, 1.807) is 30.3 Å². The van der Waals surface area contributed by atoms with Crippen LogP contribution in [0.15, 0.2) is 42.5 Å². The van der Waals surface area contributed by atoms with Gasteiger partial charge in [-0.3, -0.25) is 9.59 Å². The summed E-state index contributed by atoms with van der Waals surface area (Å²) in [4.78, 5) is 25.9. The van der Waals surface area contributed by atoms with E-state index in [0.29, 0.717) is 39.9 Å². The number of anilines is 1. The second-order valence-corrected chi connectivity index (χ2v) is 7.96. The van der Waals surface area contributed by atoms with Crippen LogP contribution in [0.4, 0.5) is 14.5 Å². The fourth-order valence-corrected chi connectivity index (χ4v) is 4.28. The number of halogens is 3. The maximum atomic E-state index is 13.6. The van der Waals surface area contributed by atoms with Crippen molar-refractivity contribution >= 4 is 39.9 Å². The third-order valence-electron chi connectivity index (χ3n) is 5.31. The van der Waals surface area contributed by atoms with Crippen molar-refractivity contribution in [1.82, 2.24) is 0 Å². The molecule has 0 bridgehead atoms. The van der Waals surface area contributed by atoms with E-state index in [2.05, 4.69) is 0 Å². The van der Waals surface area contributed by atoms with Crippen LogP contribution in [-0.4, -0.2) is 30.2 Å². The SMILES string of the molecule is CCCOc1cccc2cc(OC(F)F)c3c(c12)C(=O)N(c1ccc(CC(=O)O)cc1Cl)C3. The Bertz CT molecular complexity index is 1250. The van der Waals surface area contributed by atoms with Gasteiger partial charge in [0.2, 0.25) is 0 Å². The lowest BCUT2D eigenvalue weighted by Gasteiger charge is -2.18. The van der Waals surface area contributed by atoms with Gasteiger partial charge in [0.1, 0.15) is 11.5 Å². The van der Waals surface area contributed by atoms with Gasteiger partial charge in [-0.2, -0.15) is 8.78 Å². The number of carbonyl (C=O) groups is 2. The molecule has 0 fully saturated rings. The summed E-state index contributed by atoms with van der Waals surface area (Å²) in [5, 5.41) is 10.2. The van der Waals surface area contributed by atoms with Gasteiger partial charge in [-0.05, 0) is 41.6 Å². The molecular weight excluding hydrogens is 456 g/mol. The van der Waals surface area contributed by atoms with Crippen LogP contribution in [0.3, 0.4) is 0 Å². The van der Waals surface area contributed by atoms with Crippen molar-refractivity contribution in [3.05, 3.63) is 64.2 Å². The smallest absolute Gasteiger partial charge is 0.387 e. The van der Waals surface area contributed by atoms with Crippen molar-refractivity contribution in [3.63, 3.8) is 0 Å². The van der Waals surface area contributed by atoms with E-state index in [4.69, 9.17) is 26.2 Å². The van der Waals surface area contributed by atoms with Crippen LogP contribution in [0.1, 0.15) is 34.8 Å². The molecule has 0 aromatic heterocycles. The lowest BCUT2D eigenvalue weighted by Crippen LogP contribution is -2.23. The zero-order chi connectivity index (χ0) is 23.7. The second-order valence-electron chi connectivity index (χ2n) is 7.56. The van der Waals surface area contributed by atoms with Crippen LogP contribution in [-0.2, 0) is 17.8 Å². The number of carboxylic acids is 1. The number of hydrogen-bond donors (Lipinski definition) is 1. The Morgan fingerprint density at radius 2 is 2.00 bits per heavy atom. The maximum Gasteiger partial charge on any atom is 0.387 e. The van der Waals surface area contributed by atoms with Crippen molar-refractivity contribution in [2.75, 3.05) is 11.5 Å². The first kappa shape index (κ1) is 22.8. The summed E-state index contributed by atoms with van der Waals surface area (Å²) in [5.41, 5.74) is 1.35. The molecule has 1 amide bonds. The largest absolute Gasteiger partial charge is 0.493 e. The Labute approximate surface area is 193 Å². The molecule has 1 N–H and O–H groups in total. The van der Waals surface area contributed by atoms with Gasteiger partial charge in [0.25, 0.3) is 5.91 Å². The molecule has 0 saturated heterocycles. The lowest BCUT2D eigenvalue weighted by molar-refractivity contribution is -0.136. The quantitative estimate of drug-likeness (QED) is 0.454. The normalized spacial score (nSPS) is 13.0. The van der Waals surface area contributed by atoms with Crippen LogP contribution in [0.25, 0.3) is 10.8 Å². The van der Waals surface area contributed by atoms with Gasteiger partial charge in [-0.25, -0.2) is 0 Å². The highest BCUT2D eigenvalue weighted by Crippen LogP contribution is 2.44. The van der Waals surface area contributed by atoms with Crippen LogP contribution in [0.2, 0.25) is 5.02 Å². The van der Waals surface area contributed by atoms with Crippen molar-refractivity contribution < 1.29 is 33.0 Å². The number of carboxylic acid groups (broad SMARTS) is 1. The number of alkyl halides is 2. The van der Waals surface area contributed by atoms with E-state index in [-0.39, 0.29) is 29.3 Å². The van der Waals surface area contributed by atoms with Gasteiger partial charge in [0.05, 0.1) is 35.8 Å². The average Bonchev–Trinajstić information content (AvgIpc) is 3.09.